The van der Waals surface area contributed by atoms with Crippen LogP contribution in [0.5, 0.6) is 0 Å². The number of aryl methyl sites for hydroxylation is 2. The van der Waals surface area contributed by atoms with Crippen molar-refractivity contribution in [2.75, 3.05) is 4.90 Å². The molecule has 1 aliphatic rings. The molecule has 0 unspecified atom stereocenters. The van der Waals surface area contributed by atoms with E-state index in [1.165, 1.54) is 11.3 Å². The molecule has 4 aromatic rings. The zero-order valence-corrected chi connectivity index (χ0v) is 21.7. The third kappa shape index (κ3) is 5.36. The topological polar surface area (TPSA) is 97.9 Å². The summed E-state index contributed by atoms with van der Waals surface area (Å²) >= 11 is 6.17. The van der Waals surface area contributed by atoms with E-state index in [1.54, 1.807) is 33.6 Å². The number of carbonyl (C=O) groups excluding carboxylic acids is 2. The Balaban J connectivity index is 1.56. The summed E-state index contributed by atoms with van der Waals surface area (Å²) in [6.07, 6.45) is 7.02. The van der Waals surface area contributed by atoms with Gasteiger partial charge in [0.05, 0.1) is 11.2 Å². The van der Waals surface area contributed by atoms with Gasteiger partial charge in [-0.15, -0.1) is 5.10 Å². The van der Waals surface area contributed by atoms with E-state index in [0.29, 0.717) is 27.5 Å². The van der Waals surface area contributed by atoms with Gasteiger partial charge < -0.3 is 5.32 Å². The van der Waals surface area contributed by atoms with E-state index in [1.807, 2.05) is 44.4 Å². The van der Waals surface area contributed by atoms with Crippen molar-refractivity contribution >= 4 is 40.1 Å². The number of anilines is 1. The van der Waals surface area contributed by atoms with Crippen LogP contribution in [0.1, 0.15) is 49.4 Å². The van der Waals surface area contributed by atoms with Crippen LogP contribution < -0.4 is 10.2 Å². The zero-order chi connectivity index (χ0) is 25.9. The smallest absolute Gasteiger partial charge is 0.249 e. The minimum Gasteiger partial charge on any atom is -0.351 e. The average molecular weight is 520 g/mol. The number of hydrogen-bond acceptors (Lipinski definition) is 5. The molecular formula is C27H30ClN7O2. The molecule has 1 aliphatic carbocycles. The van der Waals surface area contributed by atoms with Gasteiger partial charge in [0.2, 0.25) is 11.8 Å². The van der Waals surface area contributed by atoms with Crippen LogP contribution in [0.2, 0.25) is 5.02 Å². The first-order chi connectivity index (χ1) is 17.9. The SMILES string of the molecule is Cc1nn(C)cc1[C@@H](C(=O)NC1CCCCC1)N(C(=O)Cn1nnc2ccccc21)c1ccc(Cl)cc1. The highest BCUT2D eigenvalue weighted by atomic mass is 35.5. The molecule has 192 valence electrons. The zero-order valence-electron chi connectivity index (χ0n) is 21.0. The first-order valence-electron chi connectivity index (χ1n) is 12.6. The minimum atomic E-state index is -0.918. The van der Waals surface area contributed by atoms with Crippen molar-refractivity contribution < 1.29 is 9.59 Å². The van der Waals surface area contributed by atoms with E-state index in [-0.39, 0.29) is 24.4 Å². The van der Waals surface area contributed by atoms with Crippen molar-refractivity contribution in [2.24, 2.45) is 7.05 Å². The van der Waals surface area contributed by atoms with Crippen LogP contribution in [0, 0.1) is 6.92 Å². The summed E-state index contributed by atoms with van der Waals surface area (Å²) < 4.78 is 3.23. The van der Waals surface area contributed by atoms with Gasteiger partial charge in [0, 0.05) is 35.6 Å². The molecule has 0 radical (unpaired) electrons. The number of nitrogens with one attached hydrogen (secondary N) is 1. The van der Waals surface area contributed by atoms with Gasteiger partial charge in [-0.25, -0.2) is 4.68 Å². The van der Waals surface area contributed by atoms with Crippen molar-refractivity contribution in [3.8, 4) is 0 Å². The maximum absolute atomic E-state index is 14.1. The molecule has 0 spiro atoms. The highest BCUT2D eigenvalue weighted by molar-refractivity contribution is 6.30. The molecule has 1 saturated carbocycles. The molecule has 2 heterocycles. The minimum absolute atomic E-state index is 0.0853. The van der Waals surface area contributed by atoms with Gasteiger partial charge >= 0.3 is 0 Å². The molecule has 37 heavy (non-hydrogen) atoms. The van der Waals surface area contributed by atoms with E-state index in [0.717, 1.165) is 31.2 Å². The molecule has 10 heteroatoms. The van der Waals surface area contributed by atoms with Crippen LogP contribution >= 0.6 is 11.6 Å². The van der Waals surface area contributed by atoms with E-state index in [9.17, 15) is 9.59 Å². The van der Waals surface area contributed by atoms with Gasteiger partial charge in [-0.2, -0.15) is 5.10 Å². The maximum atomic E-state index is 14.1. The first-order valence-corrected chi connectivity index (χ1v) is 12.9. The highest BCUT2D eigenvalue weighted by Crippen LogP contribution is 2.32. The summed E-state index contributed by atoms with van der Waals surface area (Å²) in [7, 11) is 1.81. The Bertz CT molecular complexity index is 1410. The molecule has 2 aromatic heterocycles. The fourth-order valence-electron chi connectivity index (χ4n) is 5.09. The van der Waals surface area contributed by atoms with Crippen LogP contribution in [0.25, 0.3) is 11.0 Å². The largest absolute Gasteiger partial charge is 0.351 e. The van der Waals surface area contributed by atoms with Crippen molar-refractivity contribution in [1.82, 2.24) is 30.1 Å². The summed E-state index contributed by atoms with van der Waals surface area (Å²) in [4.78, 5) is 29.6. The summed E-state index contributed by atoms with van der Waals surface area (Å²) in [6, 6.07) is 13.6. The Morgan fingerprint density at radius 2 is 1.84 bits per heavy atom. The van der Waals surface area contributed by atoms with Gasteiger partial charge in [-0.3, -0.25) is 19.2 Å². The van der Waals surface area contributed by atoms with Gasteiger partial charge in [-0.1, -0.05) is 48.2 Å². The second-order valence-electron chi connectivity index (χ2n) is 9.57. The number of aromatic nitrogens is 5. The number of fused-ring (bicyclic) bond motifs is 1. The second kappa shape index (κ2) is 10.7. The Kier molecular flexibility index (Phi) is 7.23. The summed E-state index contributed by atoms with van der Waals surface area (Å²) in [5, 5.41) is 16.6. The maximum Gasteiger partial charge on any atom is 0.249 e. The number of hydrogen-bond donors (Lipinski definition) is 1. The lowest BCUT2D eigenvalue weighted by Crippen LogP contribution is -2.48. The summed E-state index contributed by atoms with van der Waals surface area (Å²) in [6.45, 7) is 1.77. The van der Waals surface area contributed by atoms with Crippen molar-refractivity contribution in [1.29, 1.82) is 0 Å². The van der Waals surface area contributed by atoms with Crippen LogP contribution in [0.3, 0.4) is 0 Å². The van der Waals surface area contributed by atoms with E-state index < -0.39 is 6.04 Å². The number of nitrogens with zero attached hydrogens (tertiary/aromatic N) is 6. The number of rotatable bonds is 7. The van der Waals surface area contributed by atoms with E-state index in [4.69, 9.17) is 11.6 Å². The van der Waals surface area contributed by atoms with Crippen LogP contribution in [-0.4, -0.2) is 42.6 Å². The number of para-hydroxylation sites is 1. The van der Waals surface area contributed by atoms with E-state index in [2.05, 4.69) is 20.7 Å². The first kappa shape index (κ1) is 25.0. The fourth-order valence-corrected chi connectivity index (χ4v) is 5.21. The standard InChI is InChI=1S/C27H30ClN7O2/c1-18-22(16-33(2)31-18)26(27(37)29-20-8-4-3-5-9-20)35(21-14-12-19(28)13-15-21)25(36)17-34-24-11-7-6-10-23(24)30-32-34/h6-7,10-16,20,26H,3-5,8-9,17H2,1-2H3,(H,29,37)/t26-/m0/s1. The van der Waals surface area contributed by atoms with Crippen LogP contribution in [-0.2, 0) is 23.2 Å². The van der Waals surface area contributed by atoms with Crippen LogP contribution in [0.4, 0.5) is 5.69 Å². The summed E-state index contributed by atoms with van der Waals surface area (Å²) in [5.41, 5.74) is 3.35. The number of amides is 2. The molecule has 1 fully saturated rings. The third-order valence-electron chi connectivity index (χ3n) is 6.88. The monoisotopic (exact) mass is 519 g/mol. The Morgan fingerprint density at radius 1 is 1.11 bits per heavy atom. The molecule has 0 bridgehead atoms. The highest BCUT2D eigenvalue weighted by Gasteiger charge is 2.36. The van der Waals surface area contributed by atoms with Crippen molar-refractivity contribution in [3.05, 3.63) is 71.0 Å². The fraction of sp³-hybridized carbons (Fsp3) is 0.370. The Labute approximate surface area is 220 Å². The predicted octanol–water partition coefficient (Wildman–Crippen LogP) is 4.35. The molecule has 5 rings (SSSR count). The normalized spacial score (nSPS) is 15.0. The molecule has 9 nitrogen and oxygen atoms in total. The molecular weight excluding hydrogens is 490 g/mol. The molecule has 1 N–H and O–H groups in total. The molecule has 2 amide bonds. The van der Waals surface area contributed by atoms with Gasteiger partial charge in [0.15, 0.2) is 0 Å². The Hall–Kier alpha value is -3.72. The lowest BCUT2D eigenvalue weighted by molar-refractivity contribution is -0.127. The van der Waals surface area contributed by atoms with Gasteiger partial charge in [0.25, 0.3) is 0 Å². The predicted molar refractivity (Wildman–Crippen MR) is 142 cm³/mol. The van der Waals surface area contributed by atoms with Gasteiger partial charge in [-0.05, 0) is 56.2 Å². The third-order valence-corrected chi connectivity index (χ3v) is 7.13. The molecule has 2 aromatic carbocycles. The van der Waals surface area contributed by atoms with Gasteiger partial charge in [0.1, 0.15) is 18.1 Å². The molecule has 1 atom stereocenters. The summed E-state index contributed by atoms with van der Waals surface area (Å²) in [5.74, 6) is -0.528. The van der Waals surface area contributed by atoms with Crippen molar-refractivity contribution in [3.63, 3.8) is 0 Å². The quantitative estimate of drug-likeness (QED) is 0.391. The van der Waals surface area contributed by atoms with Crippen molar-refractivity contribution in [2.45, 2.75) is 57.7 Å². The number of halogens is 1. The lowest BCUT2D eigenvalue weighted by atomic mass is 9.94. The number of benzene rings is 2. The number of carbonyl (C=O) groups is 2. The molecule has 0 saturated heterocycles. The second-order valence-corrected chi connectivity index (χ2v) is 10.0. The van der Waals surface area contributed by atoms with Crippen LogP contribution in [0.15, 0.2) is 54.7 Å². The Morgan fingerprint density at radius 3 is 2.54 bits per heavy atom. The van der Waals surface area contributed by atoms with E-state index >= 15 is 0 Å². The lowest BCUT2D eigenvalue weighted by Gasteiger charge is -2.33. The molecule has 0 aliphatic heterocycles. The average Bonchev–Trinajstić information content (AvgIpc) is 3.45.